The molecule has 96 valence electrons. The Morgan fingerprint density at radius 2 is 2.06 bits per heavy atom. The molecule has 0 spiro atoms. The quantitative estimate of drug-likeness (QED) is 0.438. The summed E-state index contributed by atoms with van der Waals surface area (Å²) in [6.07, 6.45) is 1.48. The molecule has 6 nitrogen and oxygen atoms in total. The van der Waals surface area contributed by atoms with Crippen LogP contribution in [0.1, 0.15) is 31.4 Å². The van der Waals surface area contributed by atoms with Crippen LogP contribution in [0.2, 0.25) is 0 Å². The summed E-state index contributed by atoms with van der Waals surface area (Å²) in [6, 6.07) is 2.06. The van der Waals surface area contributed by atoms with Gasteiger partial charge in [0.15, 0.2) is 5.75 Å². The van der Waals surface area contributed by atoms with Crippen molar-refractivity contribution in [1.29, 1.82) is 0 Å². The van der Waals surface area contributed by atoms with Crippen LogP contribution in [0.15, 0.2) is 12.1 Å². The Kier molecular flexibility index (Phi) is 5.70. The van der Waals surface area contributed by atoms with Crippen molar-refractivity contribution in [2.24, 2.45) is 5.73 Å². The normalized spacial score (nSPS) is 11.6. The van der Waals surface area contributed by atoms with Crippen LogP contribution in [-0.2, 0) is 0 Å². The summed E-state index contributed by atoms with van der Waals surface area (Å²) >= 11 is 0. The number of nitro benzene ring substituents is 1. The molecule has 0 aliphatic carbocycles. The van der Waals surface area contributed by atoms with Crippen LogP contribution in [0.5, 0.6) is 11.5 Å². The summed E-state index contributed by atoms with van der Waals surface area (Å²) in [7, 11) is 0. The Balaban J connectivity index is 0.00000256. The smallest absolute Gasteiger partial charge is 0.314 e. The lowest BCUT2D eigenvalue weighted by Crippen LogP contribution is -2.10. The summed E-state index contributed by atoms with van der Waals surface area (Å²) < 4.78 is 0. The molecule has 0 fully saturated rings. The number of hydrogen-bond donors (Lipinski definition) is 3. The Morgan fingerprint density at radius 1 is 1.47 bits per heavy atom. The maximum absolute atomic E-state index is 10.6. The lowest BCUT2D eigenvalue weighted by Gasteiger charge is -2.11. The molecular weight excluding hydrogens is 248 g/mol. The molecule has 0 aliphatic rings. The first-order valence-corrected chi connectivity index (χ1v) is 4.93. The fourth-order valence-corrected chi connectivity index (χ4v) is 1.46. The highest BCUT2D eigenvalue weighted by molar-refractivity contribution is 5.85. The molecule has 0 amide bonds. The van der Waals surface area contributed by atoms with Crippen molar-refractivity contribution in [3.63, 3.8) is 0 Å². The van der Waals surface area contributed by atoms with Gasteiger partial charge in [0.1, 0.15) is 0 Å². The number of nitrogens with zero attached hydrogens (tertiary/aromatic N) is 1. The highest BCUT2D eigenvalue weighted by atomic mass is 35.5. The summed E-state index contributed by atoms with van der Waals surface area (Å²) in [5, 5.41) is 29.2. The van der Waals surface area contributed by atoms with E-state index in [2.05, 4.69) is 0 Å². The standard InChI is InChI=1S/C10H14N2O4.ClH/c1-2-3-7(11)6-4-8(12(15)16)10(14)9(13)5-6;/h4-5,7,13-14H,2-3,11H2,1H3;1H/t7-;/m1./s1. The predicted molar refractivity (Wildman–Crippen MR) is 65.5 cm³/mol. The number of halogens is 1. The van der Waals surface area contributed by atoms with Gasteiger partial charge in [0.05, 0.1) is 4.92 Å². The maximum atomic E-state index is 10.6. The average Bonchev–Trinajstić information content (AvgIpc) is 2.21. The van der Waals surface area contributed by atoms with Crippen molar-refractivity contribution in [1.82, 2.24) is 0 Å². The zero-order valence-corrected chi connectivity index (χ0v) is 10.1. The second kappa shape index (κ2) is 6.27. The second-order valence-corrected chi connectivity index (χ2v) is 3.56. The first-order chi connectivity index (χ1) is 7.47. The minimum atomic E-state index is -0.753. The van der Waals surface area contributed by atoms with Gasteiger partial charge in [-0.25, -0.2) is 0 Å². The fourth-order valence-electron chi connectivity index (χ4n) is 1.46. The Bertz CT molecular complexity index is 412. The number of phenolic OH excluding ortho intramolecular Hbond substituents is 2. The Labute approximate surface area is 105 Å². The van der Waals surface area contributed by atoms with E-state index in [-0.39, 0.29) is 18.4 Å². The molecule has 1 atom stereocenters. The van der Waals surface area contributed by atoms with Crippen LogP contribution >= 0.6 is 12.4 Å². The molecule has 0 aliphatic heterocycles. The number of rotatable bonds is 4. The van der Waals surface area contributed by atoms with Gasteiger partial charge in [-0.3, -0.25) is 10.1 Å². The second-order valence-electron chi connectivity index (χ2n) is 3.56. The topological polar surface area (TPSA) is 110 Å². The highest BCUT2D eigenvalue weighted by Crippen LogP contribution is 2.37. The van der Waals surface area contributed by atoms with Crippen molar-refractivity contribution in [2.75, 3.05) is 0 Å². The molecule has 17 heavy (non-hydrogen) atoms. The van der Waals surface area contributed by atoms with E-state index in [1.165, 1.54) is 12.1 Å². The molecular formula is C10H15ClN2O4. The summed E-state index contributed by atoms with van der Waals surface area (Å²) in [5.41, 5.74) is 5.70. The molecule has 1 aromatic rings. The van der Waals surface area contributed by atoms with Crippen LogP contribution in [-0.4, -0.2) is 15.1 Å². The lowest BCUT2D eigenvalue weighted by molar-refractivity contribution is -0.386. The van der Waals surface area contributed by atoms with E-state index in [0.717, 1.165) is 6.42 Å². The van der Waals surface area contributed by atoms with Gasteiger partial charge in [-0.05, 0) is 18.1 Å². The molecule has 0 heterocycles. The van der Waals surface area contributed by atoms with Gasteiger partial charge in [-0.1, -0.05) is 13.3 Å². The van der Waals surface area contributed by atoms with E-state index in [9.17, 15) is 20.3 Å². The fraction of sp³-hybridized carbons (Fsp3) is 0.400. The van der Waals surface area contributed by atoms with Gasteiger partial charge >= 0.3 is 5.69 Å². The number of nitrogens with two attached hydrogens (primary N) is 1. The van der Waals surface area contributed by atoms with E-state index in [0.29, 0.717) is 12.0 Å². The van der Waals surface area contributed by atoms with Crippen LogP contribution in [0.3, 0.4) is 0 Å². The van der Waals surface area contributed by atoms with E-state index in [1.807, 2.05) is 6.92 Å². The van der Waals surface area contributed by atoms with E-state index in [1.54, 1.807) is 0 Å². The first-order valence-electron chi connectivity index (χ1n) is 4.93. The van der Waals surface area contributed by atoms with Crippen molar-refractivity contribution < 1.29 is 15.1 Å². The number of aromatic hydroxyl groups is 2. The molecule has 1 rings (SSSR count). The molecule has 0 saturated heterocycles. The summed E-state index contributed by atoms with van der Waals surface area (Å²) in [6.45, 7) is 1.94. The van der Waals surface area contributed by atoms with Crippen LogP contribution in [0.25, 0.3) is 0 Å². The van der Waals surface area contributed by atoms with Crippen LogP contribution in [0, 0.1) is 10.1 Å². The number of benzene rings is 1. The number of phenols is 2. The molecule has 0 bridgehead atoms. The third-order valence-electron chi connectivity index (χ3n) is 2.32. The molecule has 0 saturated carbocycles. The van der Waals surface area contributed by atoms with Crippen molar-refractivity contribution in [2.45, 2.75) is 25.8 Å². The molecule has 0 unspecified atom stereocenters. The van der Waals surface area contributed by atoms with Gasteiger partial charge < -0.3 is 15.9 Å². The third kappa shape index (κ3) is 3.47. The predicted octanol–water partition coefficient (Wildman–Crippen LogP) is 2.23. The van der Waals surface area contributed by atoms with Crippen LogP contribution < -0.4 is 5.73 Å². The van der Waals surface area contributed by atoms with Crippen molar-refractivity contribution in [3.05, 3.63) is 27.8 Å². The van der Waals surface area contributed by atoms with Crippen molar-refractivity contribution >= 4 is 18.1 Å². The minimum absolute atomic E-state index is 0. The van der Waals surface area contributed by atoms with E-state index in [4.69, 9.17) is 5.73 Å². The van der Waals surface area contributed by atoms with Gasteiger partial charge in [-0.2, -0.15) is 0 Å². The largest absolute Gasteiger partial charge is 0.504 e. The number of nitro groups is 1. The van der Waals surface area contributed by atoms with Crippen LogP contribution in [0.4, 0.5) is 5.69 Å². The van der Waals surface area contributed by atoms with E-state index >= 15 is 0 Å². The third-order valence-corrected chi connectivity index (χ3v) is 2.32. The first kappa shape index (κ1) is 15.5. The van der Waals surface area contributed by atoms with E-state index < -0.39 is 22.1 Å². The highest BCUT2D eigenvalue weighted by Gasteiger charge is 2.20. The van der Waals surface area contributed by atoms with Gasteiger partial charge in [-0.15, -0.1) is 12.4 Å². The molecule has 4 N–H and O–H groups in total. The minimum Gasteiger partial charge on any atom is -0.504 e. The summed E-state index contributed by atoms with van der Waals surface area (Å²) in [4.78, 5) is 9.85. The van der Waals surface area contributed by atoms with Gasteiger partial charge in [0.25, 0.3) is 0 Å². The monoisotopic (exact) mass is 262 g/mol. The molecule has 0 aromatic heterocycles. The SMILES string of the molecule is CCC[C@@H](N)c1cc(O)c(O)c([N+](=O)[O-])c1.Cl. The zero-order valence-electron chi connectivity index (χ0n) is 9.29. The Hall–Kier alpha value is -1.53. The maximum Gasteiger partial charge on any atom is 0.314 e. The average molecular weight is 263 g/mol. The Morgan fingerprint density at radius 3 is 2.53 bits per heavy atom. The van der Waals surface area contributed by atoms with Gasteiger partial charge in [0, 0.05) is 12.1 Å². The molecule has 1 aromatic carbocycles. The van der Waals surface area contributed by atoms with Crippen molar-refractivity contribution in [3.8, 4) is 11.5 Å². The summed E-state index contributed by atoms with van der Waals surface area (Å²) in [5.74, 6) is -1.24. The lowest BCUT2D eigenvalue weighted by atomic mass is 10.0. The molecule has 7 heteroatoms. The van der Waals surface area contributed by atoms with Gasteiger partial charge in [0.2, 0.25) is 5.75 Å². The zero-order chi connectivity index (χ0) is 12.3. The molecule has 0 radical (unpaired) electrons. The number of hydrogen-bond acceptors (Lipinski definition) is 5.